The van der Waals surface area contributed by atoms with Gasteiger partial charge in [0, 0.05) is 43.8 Å². The van der Waals surface area contributed by atoms with E-state index in [1.165, 1.54) is 36.1 Å². The second-order valence-electron chi connectivity index (χ2n) is 10.9. The number of hydrogen-bond donors (Lipinski definition) is 0. The summed E-state index contributed by atoms with van der Waals surface area (Å²) in [5.74, 6) is 2.08. The highest BCUT2D eigenvalue weighted by Gasteiger charge is 2.42. The lowest BCUT2D eigenvalue weighted by molar-refractivity contribution is -0.0627. The van der Waals surface area contributed by atoms with Crippen LogP contribution in [-0.2, 0) is 16.8 Å². The number of fused-ring (bicyclic) bond motifs is 1. The van der Waals surface area contributed by atoms with E-state index < -0.39 is 0 Å². The zero-order valence-corrected chi connectivity index (χ0v) is 20.2. The molecule has 3 aliphatic heterocycles. The van der Waals surface area contributed by atoms with Crippen molar-refractivity contribution < 1.29 is 4.84 Å². The van der Waals surface area contributed by atoms with E-state index >= 15 is 0 Å². The number of thioether (sulfide) groups is 1. The van der Waals surface area contributed by atoms with E-state index in [-0.39, 0.29) is 5.60 Å². The molecule has 6 rings (SSSR count). The van der Waals surface area contributed by atoms with Crippen LogP contribution >= 0.6 is 11.8 Å². The molecule has 2 aromatic carbocycles. The van der Waals surface area contributed by atoms with E-state index in [1.807, 2.05) is 0 Å². The molecule has 0 unspecified atom stereocenters. The maximum atomic E-state index is 6.07. The SMILES string of the molecule is CC1(C)CCSc2c(C3CC3)cc(CN3CCC4(CC3)CC(c3ccccc3)=NO4)cc21. The predicted octanol–water partition coefficient (Wildman–Crippen LogP) is 6.50. The number of nitrogens with zero attached hydrogens (tertiary/aromatic N) is 2. The van der Waals surface area contributed by atoms with Crippen LogP contribution in [0.5, 0.6) is 0 Å². The molecule has 168 valence electrons. The molecule has 4 aliphatic rings. The molecule has 3 heterocycles. The Kier molecular flexibility index (Phi) is 5.15. The maximum Gasteiger partial charge on any atom is 0.145 e. The van der Waals surface area contributed by atoms with Gasteiger partial charge in [-0.15, -0.1) is 11.8 Å². The minimum atomic E-state index is -0.0880. The highest BCUT2D eigenvalue weighted by Crippen LogP contribution is 2.51. The first-order valence-electron chi connectivity index (χ1n) is 12.3. The van der Waals surface area contributed by atoms with Gasteiger partial charge in [0.25, 0.3) is 0 Å². The molecule has 1 aliphatic carbocycles. The Morgan fingerprint density at radius 1 is 1.06 bits per heavy atom. The fraction of sp³-hybridized carbons (Fsp3) is 0.536. The lowest BCUT2D eigenvalue weighted by Gasteiger charge is -2.38. The molecule has 0 amide bonds. The highest BCUT2D eigenvalue weighted by molar-refractivity contribution is 7.99. The largest absolute Gasteiger partial charge is 0.388 e. The Hall–Kier alpha value is -1.78. The Bertz CT molecular complexity index is 1030. The molecule has 0 radical (unpaired) electrons. The average molecular weight is 447 g/mol. The molecule has 2 aromatic rings. The van der Waals surface area contributed by atoms with E-state index in [1.54, 1.807) is 16.0 Å². The van der Waals surface area contributed by atoms with Crippen molar-refractivity contribution in [1.82, 2.24) is 4.90 Å². The first kappa shape index (κ1) is 20.8. The van der Waals surface area contributed by atoms with Gasteiger partial charge in [-0.05, 0) is 58.6 Å². The molecule has 0 atom stereocenters. The molecule has 3 nitrogen and oxygen atoms in total. The van der Waals surface area contributed by atoms with Crippen LogP contribution in [0.1, 0.15) is 80.5 Å². The zero-order chi connectivity index (χ0) is 21.8. The normalized spacial score (nSPS) is 24.1. The molecule has 1 spiro atoms. The number of likely N-dealkylation sites (tertiary alicyclic amines) is 1. The van der Waals surface area contributed by atoms with Crippen LogP contribution in [0.25, 0.3) is 0 Å². The van der Waals surface area contributed by atoms with E-state index in [0.717, 1.165) is 50.5 Å². The van der Waals surface area contributed by atoms with E-state index in [4.69, 9.17) is 4.84 Å². The van der Waals surface area contributed by atoms with Crippen molar-refractivity contribution in [3.05, 3.63) is 64.7 Å². The summed E-state index contributed by atoms with van der Waals surface area (Å²) in [6, 6.07) is 15.6. The Morgan fingerprint density at radius 2 is 1.84 bits per heavy atom. The zero-order valence-electron chi connectivity index (χ0n) is 19.4. The quantitative estimate of drug-likeness (QED) is 0.536. The molecule has 0 N–H and O–H groups in total. The minimum absolute atomic E-state index is 0.0880. The summed E-state index contributed by atoms with van der Waals surface area (Å²) in [5, 5.41) is 4.49. The summed E-state index contributed by atoms with van der Waals surface area (Å²) in [6.45, 7) is 8.13. The highest BCUT2D eigenvalue weighted by atomic mass is 32.2. The van der Waals surface area contributed by atoms with Gasteiger partial charge in [-0.2, -0.15) is 0 Å². The Labute approximate surface area is 196 Å². The second-order valence-corrected chi connectivity index (χ2v) is 12.1. The third kappa shape index (κ3) is 3.90. The summed E-state index contributed by atoms with van der Waals surface area (Å²) >= 11 is 2.11. The molecular weight excluding hydrogens is 412 g/mol. The number of rotatable bonds is 4. The van der Waals surface area contributed by atoms with Crippen LogP contribution in [0, 0.1) is 0 Å². The van der Waals surface area contributed by atoms with Crippen molar-refractivity contribution in [2.24, 2.45) is 5.16 Å². The monoisotopic (exact) mass is 446 g/mol. The summed E-state index contributed by atoms with van der Waals surface area (Å²) in [7, 11) is 0. The number of benzene rings is 2. The lowest BCUT2D eigenvalue weighted by Crippen LogP contribution is -2.44. The van der Waals surface area contributed by atoms with Crippen molar-refractivity contribution in [1.29, 1.82) is 0 Å². The summed E-state index contributed by atoms with van der Waals surface area (Å²) in [6.07, 6.45) is 7.12. The topological polar surface area (TPSA) is 24.8 Å². The molecule has 2 fully saturated rings. The third-order valence-corrected chi connectivity index (χ3v) is 9.17. The van der Waals surface area contributed by atoms with Crippen molar-refractivity contribution in [2.45, 2.75) is 80.7 Å². The lowest BCUT2D eigenvalue weighted by atomic mass is 9.79. The van der Waals surface area contributed by atoms with Crippen molar-refractivity contribution in [3.8, 4) is 0 Å². The van der Waals surface area contributed by atoms with Crippen LogP contribution in [0.2, 0.25) is 0 Å². The molecule has 0 aromatic heterocycles. The standard InChI is InChI=1S/C28H34N2OS/c1-27(2)12-15-32-26-23(21-8-9-21)16-20(17-24(26)27)19-30-13-10-28(11-14-30)18-25(29-31-28)22-6-4-3-5-7-22/h3-7,16-17,21H,8-15,18-19H2,1-2H3. The van der Waals surface area contributed by atoms with Crippen molar-refractivity contribution in [3.63, 3.8) is 0 Å². The van der Waals surface area contributed by atoms with E-state index in [0.29, 0.717) is 5.41 Å². The van der Waals surface area contributed by atoms with Crippen LogP contribution in [0.15, 0.2) is 52.5 Å². The predicted molar refractivity (Wildman–Crippen MR) is 133 cm³/mol. The molecule has 4 heteroatoms. The van der Waals surface area contributed by atoms with Crippen LogP contribution in [0.4, 0.5) is 0 Å². The van der Waals surface area contributed by atoms with E-state index in [2.05, 4.69) is 78.1 Å². The van der Waals surface area contributed by atoms with Crippen LogP contribution < -0.4 is 0 Å². The fourth-order valence-electron chi connectivity index (χ4n) is 5.66. The third-order valence-electron chi connectivity index (χ3n) is 8.02. The Balaban J connectivity index is 1.15. The second kappa shape index (κ2) is 7.92. The van der Waals surface area contributed by atoms with Gasteiger partial charge in [-0.1, -0.05) is 61.5 Å². The average Bonchev–Trinajstić information content (AvgIpc) is 3.57. The minimum Gasteiger partial charge on any atom is -0.388 e. The van der Waals surface area contributed by atoms with Gasteiger partial charge < -0.3 is 4.84 Å². The molecule has 0 bridgehead atoms. The molecule has 32 heavy (non-hydrogen) atoms. The first-order valence-corrected chi connectivity index (χ1v) is 13.3. The number of piperidine rings is 1. The molecule has 1 saturated heterocycles. The van der Waals surface area contributed by atoms with Gasteiger partial charge in [0.05, 0.1) is 5.71 Å². The molecule has 1 saturated carbocycles. The number of hydrogen-bond acceptors (Lipinski definition) is 4. The van der Waals surface area contributed by atoms with Crippen LogP contribution in [0.3, 0.4) is 0 Å². The summed E-state index contributed by atoms with van der Waals surface area (Å²) in [4.78, 5) is 10.3. The van der Waals surface area contributed by atoms with Gasteiger partial charge in [-0.3, -0.25) is 4.90 Å². The molecular formula is C28H34N2OS. The van der Waals surface area contributed by atoms with Gasteiger partial charge in [0.1, 0.15) is 5.60 Å². The van der Waals surface area contributed by atoms with Crippen LogP contribution in [-0.4, -0.2) is 35.1 Å². The maximum absolute atomic E-state index is 6.07. The van der Waals surface area contributed by atoms with Gasteiger partial charge in [0.2, 0.25) is 0 Å². The van der Waals surface area contributed by atoms with Gasteiger partial charge in [0.15, 0.2) is 0 Å². The van der Waals surface area contributed by atoms with E-state index in [9.17, 15) is 0 Å². The fourth-order valence-corrected chi connectivity index (χ4v) is 7.36. The smallest absolute Gasteiger partial charge is 0.145 e. The Morgan fingerprint density at radius 3 is 2.59 bits per heavy atom. The first-order chi connectivity index (χ1) is 15.5. The summed E-state index contributed by atoms with van der Waals surface area (Å²) < 4.78 is 0. The van der Waals surface area contributed by atoms with Gasteiger partial charge >= 0.3 is 0 Å². The number of oxime groups is 1. The van der Waals surface area contributed by atoms with Crippen molar-refractivity contribution in [2.75, 3.05) is 18.8 Å². The van der Waals surface area contributed by atoms with Crippen molar-refractivity contribution >= 4 is 17.5 Å². The summed E-state index contributed by atoms with van der Waals surface area (Å²) in [5.41, 5.74) is 7.32. The van der Waals surface area contributed by atoms with Gasteiger partial charge in [-0.25, -0.2) is 0 Å².